The van der Waals surface area contributed by atoms with E-state index in [0.29, 0.717) is 24.2 Å². The van der Waals surface area contributed by atoms with Gasteiger partial charge >= 0.3 is 0 Å². The van der Waals surface area contributed by atoms with Gasteiger partial charge < -0.3 is 10.6 Å². The Morgan fingerprint density at radius 3 is 2.10 bits per heavy atom. The van der Waals surface area contributed by atoms with Crippen LogP contribution in [0, 0.1) is 0 Å². The Bertz CT molecular complexity index is 329. The molecule has 0 bridgehead atoms. The third-order valence-corrected chi connectivity index (χ3v) is 5.46. The summed E-state index contributed by atoms with van der Waals surface area (Å²) in [4.78, 5) is 17.1. The number of carbonyl (C=O) groups excluding carboxylic acids is 1. The zero-order valence-corrected chi connectivity index (χ0v) is 13.5. The van der Waals surface area contributed by atoms with Crippen molar-refractivity contribution >= 4 is 5.91 Å². The Morgan fingerprint density at radius 1 is 1.10 bits per heavy atom. The first-order valence-corrected chi connectivity index (χ1v) is 8.21. The number of hydrogen-bond donors (Lipinski definition) is 1. The minimum atomic E-state index is 0.00287. The third kappa shape index (κ3) is 3.17. The monoisotopic (exact) mass is 281 g/mol. The van der Waals surface area contributed by atoms with E-state index in [1.807, 2.05) is 11.9 Å². The van der Waals surface area contributed by atoms with E-state index >= 15 is 0 Å². The zero-order chi connectivity index (χ0) is 14.9. The van der Waals surface area contributed by atoms with E-state index < -0.39 is 0 Å². The van der Waals surface area contributed by atoms with Crippen LogP contribution in [0.15, 0.2) is 0 Å². The molecule has 0 aromatic heterocycles. The molecule has 0 spiro atoms. The fourth-order valence-electron chi connectivity index (χ4n) is 4.07. The summed E-state index contributed by atoms with van der Waals surface area (Å²) in [5, 5.41) is 0. The highest BCUT2D eigenvalue weighted by atomic mass is 16.2. The summed E-state index contributed by atoms with van der Waals surface area (Å²) in [6, 6.07) is 1.78. The van der Waals surface area contributed by atoms with Crippen LogP contribution < -0.4 is 5.73 Å². The number of nitrogens with two attached hydrogens (primary N) is 1. The van der Waals surface area contributed by atoms with Gasteiger partial charge in [0.2, 0.25) is 5.91 Å². The average Bonchev–Trinajstić information content (AvgIpc) is 2.76. The van der Waals surface area contributed by atoms with Crippen LogP contribution >= 0.6 is 0 Å². The van der Waals surface area contributed by atoms with Gasteiger partial charge in [-0.25, -0.2) is 0 Å². The molecule has 2 N–H and O–H groups in total. The Labute approximate surface area is 123 Å². The molecule has 20 heavy (non-hydrogen) atoms. The van der Waals surface area contributed by atoms with Crippen LogP contribution in [0.3, 0.4) is 0 Å². The summed E-state index contributed by atoms with van der Waals surface area (Å²) in [6.07, 6.45) is 6.63. The van der Waals surface area contributed by atoms with Crippen LogP contribution in [0.2, 0.25) is 0 Å². The predicted molar refractivity (Wildman–Crippen MR) is 82.5 cm³/mol. The summed E-state index contributed by atoms with van der Waals surface area (Å²) in [5.41, 5.74) is 5.96. The van der Waals surface area contributed by atoms with E-state index in [1.165, 1.54) is 12.8 Å². The van der Waals surface area contributed by atoms with Crippen molar-refractivity contribution in [3.63, 3.8) is 0 Å². The number of nitrogens with zero attached hydrogens (tertiary/aromatic N) is 2. The lowest BCUT2D eigenvalue weighted by Crippen LogP contribution is -2.52. The van der Waals surface area contributed by atoms with Gasteiger partial charge in [0.25, 0.3) is 0 Å². The quantitative estimate of drug-likeness (QED) is 0.860. The molecule has 1 aliphatic carbocycles. The second-order valence-electron chi connectivity index (χ2n) is 6.92. The molecule has 3 atom stereocenters. The van der Waals surface area contributed by atoms with Gasteiger partial charge in [-0.15, -0.1) is 0 Å². The summed E-state index contributed by atoms with van der Waals surface area (Å²) >= 11 is 0. The van der Waals surface area contributed by atoms with Gasteiger partial charge in [-0.1, -0.05) is 0 Å². The lowest BCUT2D eigenvalue weighted by molar-refractivity contribution is -0.138. The topological polar surface area (TPSA) is 49.6 Å². The highest BCUT2D eigenvalue weighted by molar-refractivity contribution is 5.81. The van der Waals surface area contributed by atoms with Crippen molar-refractivity contribution in [1.29, 1.82) is 0 Å². The van der Waals surface area contributed by atoms with Gasteiger partial charge in [-0.3, -0.25) is 9.69 Å². The Hall–Kier alpha value is -0.610. The largest absolute Gasteiger partial charge is 0.341 e. The van der Waals surface area contributed by atoms with Crippen molar-refractivity contribution in [2.24, 2.45) is 5.73 Å². The maximum atomic E-state index is 12.8. The van der Waals surface area contributed by atoms with Crippen molar-refractivity contribution in [3.05, 3.63) is 0 Å². The van der Waals surface area contributed by atoms with Crippen molar-refractivity contribution in [3.8, 4) is 0 Å². The molecule has 0 aromatic carbocycles. The standard InChI is InChI=1S/C16H31N3O/c1-11-5-6-12(2)19(11)13(3)16(20)18(4)15-9-7-14(17)8-10-15/h11-15H,5-10,17H2,1-4H3. The van der Waals surface area contributed by atoms with E-state index in [1.54, 1.807) is 0 Å². The van der Waals surface area contributed by atoms with Crippen molar-refractivity contribution in [2.75, 3.05) is 7.05 Å². The van der Waals surface area contributed by atoms with Crippen LogP contribution in [0.4, 0.5) is 0 Å². The highest BCUT2D eigenvalue weighted by Crippen LogP contribution is 2.28. The lowest BCUT2D eigenvalue weighted by atomic mass is 9.90. The smallest absolute Gasteiger partial charge is 0.239 e. The van der Waals surface area contributed by atoms with Gasteiger partial charge in [0.05, 0.1) is 6.04 Å². The molecule has 3 unspecified atom stereocenters. The number of likely N-dealkylation sites (N-methyl/N-ethyl adjacent to an activating group) is 1. The lowest BCUT2D eigenvalue weighted by Gasteiger charge is -2.38. The fourth-order valence-corrected chi connectivity index (χ4v) is 4.07. The maximum Gasteiger partial charge on any atom is 0.239 e. The normalized spacial score (nSPS) is 36.9. The number of carbonyl (C=O) groups is 1. The third-order valence-electron chi connectivity index (χ3n) is 5.46. The van der Waals surface area contributed by atoms with Gasteiger partial charge in [0.15, 0.2) is 0 Å². The summed E-state index contributed by atoms with van der Waals surface area (Å²) < 4.78 is 0. The maximum absolute atomic E-state index is 12.8. The molecule has 2 aliphatic rings. The number of amides is 1. The van der Waals surface area contributed by atoms with Gasteiger partial charge in [0, 0.05) is 31.2 Å². The molecular weight excluding hydrogens is 250 g/mol. The fraction of sp³-hybridized carbons (Fsp3) is 0.938. The van der Waals surface area contributed by atoms with Gasteiger partial charge in [-0.2, -0.15) is 0 Å². The Balaban J connectivity index is 1.95. The van der Waals surface area contributed by atoms with Crippen LogP contribution in [-0.4, -0.2) is 53.0 Å². The van der Waals surface area contributed by atoms with E-state index in [0.717, 1.165) is 25.7 Å². The predicted octanol–water partition coefficient (Wildman–Crippen LogP) is 1.98. The van der Waals surface area contributed by atoms with Gasteiger partial charge in [-0.05, 0) is 59.3 Å². The summed E-state index contributed by atoms with van der Waals surface area (Å²) in [5.74, 6) is 0.283. The van der Waals surface area contributed by atoms with Crippen molar-refractivity contribution in [2.45, 2.75) is 89.5 Å². The molecule has 0 radical (unpaired) electrons. The molecule has 4 nitrogen and oxygen atoms in total. The molecular formula is C16H31N3O. The Kier molecular flexibility index (Phi) is 5.08. The average molecular weight is 281 g/mol. The molecule has 1 saturated heterocycles. The van der Waals surface area contributed by atoms with Crippen LogP contribution in [0.25, 0.3) is 0 Å². The second-order valence-corrected chi connectivity index (χ2v) is 6.92. The first-order valence-electron chi connectivity index (χ1n) is 8.21. The Morgan fingerprint density at radius 2 is 1.60 bits per heavy atom. The minimum Gasteiger partial charge on any atom is -0.341 e. The molecule has 116 valence electrons. The van der Waals surface area contributed by atoms with Gasteiger partial charge in [0.1, 0.15) is 0 Å². The first-order chi connectivity index (χ1) is 9.41. The molecule has 1 saturated carbocycles. The second kappa shape index (κ2) is 6.44. The number of likely N-dealkylation sites (tertiary alicyclic amines) is 1. The van der Waals surface area contributed by atoms with Crippen LogP contribution in [0.5, 0.6) is 0 Å². The van der Waals surface area contributed by atoms with Crippen LogP contribution in [-0.2, 0) is 4.79 Å². The SMILES string of the molecule is CC1CCC(C)N1C(C)C(=O)N(C)C1CCC(N)CC1. The van der Waals surface area contributed by atoms with E-state index in [4.69, 9.17) is 5.73 Å². The summed E-state index contributed by atoms with van der Waals surface area (Å²) in [6.45, 7) is 6.56. The first kappa shape index (κ1) is 15.8. The van der Waals surface area contributed by atoms with Crippen molar-refractivity contribution in [1.82, 2.24) is 9.80 Å². The van der Waals surface area contributed by atoms with E-state index in [-0.39, 0.29) is 11.9 Å². The molecule has 1 heterocycles. The van der Waals surface area contributed by atoms with E-state index in [9.17, 15) is 4.79 Å². The minimum absolute atomic E-state index is 0.00287. The zero-order valence-electron chi connectivity index (χ0n) is 13.5. The summed E-state index contributed by atoms with van der Waals surface area (Å²) in [7, 11) is 1.98. The number of hydrogen-bond acceptors (Lipinski definition) is 3. The molecule has 1 aliphatic heterocycles. The van der Waals surface area contributed by atoms with E-state index in [2.05, 4.69) is 25.7 Å². The highest BCUT2D eigenvalue weighted by Gasteiger charge is 2.37. The molecule has 0 aromatic rings. The molecule has 4 heteroatoms. The van der Waals surface area contributed by atoms with Crippen molar-refractivity contribution < 1.29 is 4.79 Å². The van der Waals surface area contributed by atoms with Crippen LogP contribution in [0.1, 0.15) is 59.3 Å². The molecule has 1 amide bonds. The molecule has 2 fully saturated rings. The number of rotatable bonds is 3. The molecule has 2 rings (SSSR count).